The van der Waals surface area contributed by atoms with E-state index in [4.69, 9.17) is 4.74 Å². The lowest BCUT2D eigenvalue weighted by Gasteiger charge is -2.41. The van der Waals surface area contributed by atoms with Crippen LogP contribution in [0.4, 0.5) is 5.69 Å². The fraction of sp³-hybridized carbons (Fsp3) is 0.618. The lowest BCUT2D eigenvalue weighted by molar-refractivity contribution is -0.154. The van der Waals surface area contributed by atoms with Crippen molar-refractivity contribution < 1.29 is 24.2 Å². The maximum atomic E-state index is 15.0. The first-order valence-corrected chi connectivity index (χ1v) is 15.5. The molecule has 6 atom stereocenters. The van der Waals surface area contributed by atoms with E-state index in [1.54, 1.807) is 26.9 Å². The van der Waals surface area contributed by atoms with Gasteiger partial charge in [-0.25, -0.2) is 0 Å². The fourth-order valence-electron chi connectivity index (χ4n) is 8.00. The van der Waals surface area contributed by atoms with Crippen LogP contribution in [0.15, 0.2) is 43.5 Å². The molecule has 4 rings (SSSR count). The van der Waals surface area contributed by atoms with Crippen molar-refractivity contribution in [2.45, 2.75) is 90.5 Å². The quantitative estimate of drug-likeness (QED) is 0.350. The number of aryl methyl sites for hydroxylation is 2. The molecular formula is C34H49N3O5. The Morgan fingerprint density at radius 3 is 2.29 bits per heavy atom. The number of ether oxygens (including phenoxy) is 1. The molecule has 3 aliphatic rings. The fourth-order valence-corrected chi connectivity index (χ4v) is 8.00. The van der Waals surface area contributed by atoms with E-state index < -0.39 is 35.1 Å². The first-order valence-electron chi connectivity index (χ1n) is 15.5. The van der Waals surface area contributed by atoms with Crippen molar-refractivity contribution in [3.8, 4) is 0 Å². The second-order valence-corrected chi connectivity index (χ2v) is 12.6. The molecular weight excluding hydrogens is 530 g/mol. The third-order valence-corrected chi connectivity index (χ3v) is 9.87. The smallest absolute Gasteiger partial charge is 0.253 e. The maximum Gasteiger partial charge on any atom is 0.253 e. The molecule has 8 nitrogen and oxygen atoms in total. The van der Waals surface area contributed by atoms with Crippen molar-refractivity contribution in [2.24, 2.45) is 17.8 Å². The predicted octanol–water partition coefficient (Wildman–Crippen LogP) is 4.42. The van der Waals surface area contributed by atoms with E-state index in [1.165, 1.54) is 0 Å². The van der Waals surface area contributed by atoms with Gasteiger partial charge >= 0.3 is 0 Å². The summed E-state index contributed by atoms with van der Waals surface area (Å²) < 4.78 is 7.00. The van der Waals surface area contributed by atoms with E-state index in [0.717, 1.165) is 23.2 Å². The number of aliphatic hydroxyl groups is 1. The summed E-state index contributed by atoms with van der Waals surface area (Å²) in [5, 5.41) is 10.6. The van der Waals surface area contributed by atoms with Crippen LogP contribution in [0.5, 0.6) is 0 Å². The number of carbonyl (C=O) groups is 3. The minimum atomic E-state index is -1.17. The Morgan fingerprint density at radius 1 is 1.12 bits per heavy atom. The van der Waals surface area contributed by atoms with Crippen LogP contribution in [0.2, 0.25) is 0 Å². The highest BCUT2D eigenvalue weighted by Crippen LogP contribution is 2.65. The zero-order chi connectivity index (χ0) is 31.0. The number of para-hydroxylation sites is 1. The number of likely N-dealkylation sites (tertiary alicyclic amines) is 1. The molecule has 1 aromatic carbocycles. The van der Waals surface area contributed by atoms with Crippen LogP contribution in [0.25, 0.3) is 0 Å². The largest absolute Gasteiger partial charge is 0.394 e. The predicted molar refractivity (Wildman–Crippen MR) is 165 cm³/mol. The van der Waals surface area contributed by atoms with Gasteiger partial charge in [-0.15, -0.1) is 13.2 Å². The van der Waals surface area contributed by atoms with Gasteiger partial charge in [-0.05, 0) is 56.6 Å². The lowest BCUT2D eigenvalue weighted by Crippen LogP contribution is -2.60. The highest BCUT2D eigenvalue weighted by Gasteiger charge is 2.79. The number of rotatable bonds is 13. The van der Waals surface area contributed by atoms with Crippen LogP contribution < -0.4 is 4.90 Å². The summed E-state index contributed by atoms with van der Waals surface area (Å²) in [4.78, 5) is 49.1. The Labute approximate surface area is 251 Å². The average molecular weight is 580 g/mol. The van der Waals surface area contributed by atoms with Crippen LogP contribution in [0, 0.1) is 31.6 Å². The van der Waals surface area contributed by atoms with Crippen LogP contribution in [0.1, 0.15) is 64.5 Å². The Kier molecular flexibility index (Phi) is 9.38. The highest BCUT2D eigenvalue weighted by atomic mass is 16.5. The van der Waals surface area contributed by atoms with E-state index in [0.29, 0.717) is 32.4 Å². The van der Waals surface area contributed by atoms with E-state index in [9.17, 15) is 19.5 Å². The van der Waals surface area contributed by atoms with Gasteiger partial charge in [-0.2, -0.15) is 0 Å². The zero-order valence-electron chi connectivity index (χ0n) is 26.3. The third kappa shape index (κ3) is 4.80. The molecule has 3 heterocycles. The molecule has 2 unspecified atom stereocenters. The molecule has 0 radical (unpaired) electrons. The first kappa shape index (κ1) is 32.0. The van der Waals surface area contributed by atoms with Crippen molar-refractivity contribution >= 4 is 23.4 Å². The number of carbonyl (C=O) groups excluding carboxylic acids is 3. The van der Waals surface area contributed by atoms with E-state index >= 15 is 0 Å². The van der Waals surface area contributed by atoms with E-state index in [-0.39, 0.29) is 36.8 Å². The maximum absolute atomic E-state index is 15.0. The van der Waals surface area contributed by atoms with Crippen LogP contribution in [-0.4, -0.2) is 82.2 Å². The number of hydrogen-bond donors (Lipinski definition) is 1. The number of benzene rings is 1. The molecule has 1 N–H and O–H groups in total. The molecule has 8 heteroatoms. The average Bonchev–Trinajstić information content (AvgIpc) is 3.56. The van der Waals surface area contributed by atoms with Gasteiger partial charge < -0.3 is 24.5 Å². The molecule has 3 amide bonds. The van der Waals surface area contributed by atoms with Crippen molar-refractivity contribution in [3.05, 3.63) is 54.6 Å². The third-order valence-electron chi connectivity index (χ3n) is 9.87. The Balaban J connectivity index is 1.92. The molecule has 1 spiro atoms. The molecule has 3 aliphatic heterocycles. The van der Waals surface area contributed by atoms with Crippen molar-refractivity contribution in [1.29, 1.82) is 0 Å². The zero-order valence-corrected chi connectivity index (χ0v) is 26.3. The van der Waals surface area contributed by atoms with Crippen LogP contribution in [-0.2, 0) is 19.1 Å². The topological polar surface area (TPSA) is 90.4 Å². The minimum Gasteiger partial charge on any atom is -0.394 e. The lowest BCUT2D eigenvalue weighted by atomic mass is 9.64. The summed E-state index contributed by atoms with van der Waals surface area (Å²) in [5.41, 5.74) is 0.655. The summed E-state index contributed by atoms with van der Waals surface area (Å²) in [6.07, 6.45) is 5.82. The summed E-state index contributed by atoms with van der Waals surface area (Å²) in [6, 6.07) is 4.30. The molecule has 42 heavy (non-hydrogen) atoms. The molecule has 0 saturated carbocycles. The van der Waals surface area contributed by atoms with E-state index in [2.05, 4.69) is 13.2 Å². The Hall–Kier alpha value is -2.97. The summed E-state index contributed by atoms with van der Waals surface area (Å²) in [5.74, 6) is -2.30. The van der Waals surface area contributed by atoms with Crippen LogP contribution >= 0.6 is 0 Å². The number of amides is 3. The molecule has 2 bridgehead atoms. The van der Waals surface area contributed by atoms with Gasteiger partial charge in [-0.3, -0.25) is 14.4 Å². The first-order chi connectivity index (χ1) is 20.0. The molecule has 0 aromatic heterocycles. The molecule has 0 aliphatic carbocycles. The van der Waals surface area contributed by atoms with Gasteiger partial charge in [0, 0.05) is 25.3 Å². The van der Waals surface area contributed by atoms with Gasteiger partial charge in [0.15, 0.2) is 0 Å². The molecule has 3 saturated heterocycles. The summed E-state index contributed by atoms with van der Waals surface area (Å²) in [7, 11) is 0. The van der Waals surface area contributed by atoms with Gasteiger partial charge in [0.25, 0.3) is 5.91 Å². The second-order valence-electron chi connectivity index (χ2n) is 12.6. The second kappa shape index (κ2) is 12.3. The number of anilines is 1. The highest BCUT2D eigenvalue weighted by molar-refractivity contribution is 6.06. The summed E-state index contributed by atoms with van der Waals surface area (Å²) >= 11 is 0. The minimum absolute atomic E-state index is 0.116. The Bertz CT molecular complexity index is 1210. The van der Waals surface area contributed by atoms with Crippen molar-refractivity contribution in [2.75, 3.05) is 31.1 Å². The van der Waals surface area contributed by atoms with Gasteiger partial charge in [0.2, 0.25) is 11.8 Å². The molecule has 3 fully saturated rings. The molecule has 230 valence electrons. The van der Waals surface area contributed by atoms with E-state index in [1.807, 2.05) is 59.7 Å². The normalized spacial score (nSPS) is 28.6. The van der Waals surface area contributed by atoms with Crippen LogP contribution in [0.3, 0.4) is 0 Å². The van der Waals surface area contributed by atoms with Gasteiger partial charge in [0.05, 0.1) is 30.1 Å². The molecule has 1 aromatic rings. The van der Waals surface area contributed by atoms with Gasteiger partial charge in [-0.1, -0.05) is 58.0 Å². The number of aliphatic hydroxyl groups excluding tert-OH is 1. The van der Waals surface area contributed by atoms with Crippen molar-refractivity contribution in [1.82, 2.24) is 9.80 Å². The number of hydrogen-bond acceptors (Lipinski definition) is 5. The standard InChI is InChI=1S/C34H49N3O5/c1-9-18-35(19-10-2)30(39)26-27-31(40)37(25(21-38)22(5)6)29(34(27)17-16-33(26,12-4)42-34)32(41)36(20-11-3)28-23(7)14-13-15-24(28)8/h9,11,13-15,22,25-27,29,38H,1,3,10,12,16-21H2,2,4-8H3/t25-,26-,27-,29?,33+,34?/m0/s1. The summed E-state index contributed by atoms with van der Waals surface area (Å²) in [6.45, 7) is 20.5. The number of nitrogens with zero attached hydrogens (tertiary/aromatic N) is 3. The van der Waals surface area contributed by atoms with Crippen molar-refractivity contribution in [3.63, 3.8) is 0 Å². The Morgan fingerprint density at radius 2 is 1.76 bits per heavy atom. The van der Waals surface area contributed by atoms with Gasteiger partial charge in [0.1, 0.15) is 11.6 Å². The SMILES string of the molecule is C=CCN(CCC)C(=O)[C@@H]1[C@H]2C(=O)N([C@@H](CO)C(C)C)C(C(=O)N(CC=C)c3c(C)cccc3C)C23CC[C@@]1(CC)O3. The number of fused-ring (bicyclic) bond motifs is 1. The monoisotopic (exact) mass is 579 g/mol.